The van der Waals surface area contributed by atoms with Gasteiger partial charge in [0.25, 0.3) is 0 Å². The number of rotatable bonds is 5. The molecule has 17 heavy (non-hydrogen) atoms. The maximum atomic E-state index is 6.09. The molecule has 0 aromatic carbocycles. The van der Waals surface area contributed by atoms with Gasteiger partial charge >= 0.3 is 0 Å². The van der Waals surface area contributed by atoms with E-state index in [1.165, 1.54) is 0 Å². The first-order chi connectivity index (χ1) is 8.29. The molecule has 2 unspecified atom stereocenters. The molecule has 0 bridgehead atoms. The lowest BCUT2D eigenvalue weighted by Crippen LogP contribution is -2.38. The minimum atomic E-state index is 0.238. The van der Waals surface area contributed by atoms with Crippen LogP contribution in [0.15, 0.2) is 18.5 Å². The van der Waals surface area contributed by atoms with Gasteiger partial charge in [-0.15, -0.1) is 0 Å². The van der Waals surface area contributed by atoms with Gasteiger partial charge in [-0.05, 0) is 36.8 Å². The summed E-state index contributed by atoms with van der Waals surface area (Å²) >= 11 is 6.09. The van der Waals surface area contributed by atoms with Gasteiger partial charge in [-0.3, -0.25) is 16.3 Å². The fourth-order valence-corrected chi connectivity index (χ4v) is 2.41. The molecule has 1 fully saturated rings. The van der Waals surface area contributed by atoms with E-state index in [1.807, 2.05) is 6.07 Å². The Morgan fingerprint density at radius 2 is 2.53 bits per heavy atom. The largest absolute Gasteiger partial charge is 0.381 e. The molecule has 2 rings (SSSR count). The van der Waals surface area contributed by atoms with Crippen LogP contribution in [0, 0.1) is 5.92 Å². The van der Waals surface area contributed by atoms with Crippen LogP contribution in [0.1, 0.15) is 18.4 Å². The van der Waals surface area contributed by atoms with E-state index in [1.54, 1.807) is 12.4 Å². The van der Waals surface area contributed by atoms with Gasteiger partial charge in [0.1, 0.15) is 0 Å². The summed E-state index contributed by atoms with van der Waals surface area (Å²) < 4.78 is 5.37. The Labute approximate surface area is 106 Å². The highest BCUT2D eigenvalue weighted by atomic mass is 35.5. The van der Waals surface area contributed by atoms with Gasteiger partial charge in [0, 0.05) is 31.6 Å². The zero-order valence-electron chi connectivity index (χ0n) is 9.73. The summed E-state index contributed by atoms with van der Waals surface area (Å²) in [5, 5.41) is 0.704. The highest BCUT2D eigenvalue weighted by Gasteiger charge is 2.20. The van der Waals surface area contributed by atoms with Crippen molar-refractivity contribution in [2.45, 2.75) is 25.3 Å². The van der Waals surface area contributed by atoms with E-state index in [2.05, 4.69) is 10.4 Å². The third kappa shape index (κ3) is 3.64. The first-order valence-electron chi connectivity index (χ1n) is 5.92. The Morgan fingerprint density at radius 3 is 3.18 bits per heavy atom. The summed E-state index contributed by atoms with van der Waals surface area (Å²) in [6.45, 7) is 1.72. The summed E-state index contributed by atoms with van der Waals surface area (Å²) in [5.41, 5.74) is 3.96. The number of halogens is 1. The average Bonchev–Trinajstić information content (AvgIpc) is 2.84. The molecule has 5 heteroatoms. The number of hydrazine groups is 1. The number of hydrogen-bond acceptors (Lipinski definition) is 4. The van der Waals surface area contributed by atoms with E-state index in [9.17, 15) is 0 Å². The second-order valence-electron chi connectivity index (χ2n) is 4.50. The molecule has 1 aliphatic heterocycles. The van der Waals surface area contributed by atoms with Crippen molar-refractivity contribution in [1.29, 1.82) is 0 Å². The van der Waals surface area contributed by atoms with Crippen molar-refractivity contribution >= 4 is 11.6 Å². The molecule has 94 valence electrons. The van der Waals surface area contributed by atoms with E-state index in [4.69, 9.17) is 22.2 Å². The van der Waals surface area contributed by atoms with Crippen LogP contribution >= 0.6 is 11.6 Å². The second-order valence-corrected chi connectivity index (χ2v) is 4.91. The molecule has 3 N–H and O–H groups in total. The Bertz CT molecular complexity index is 355. The van der Waals surface area contributed by atoms with Crippen LogP contribution in [0.5, 0.6) is 0 Å². The first kappa shape index (κ1) is 12.8. The summed E-state index contributed by atoms with van der Waals surface area (Å²) in [6, 6.07) is 2.18. The van der Waals surface area contributed by atoms with Crippen LogP contribution in [0.4, 0.5) is 0 Å². The number of pyridine rings is 1. The van der Waals surface area contributed by atoms with Crippen molar-refractivity contribution in [2.75, 3.05) is 13.2 Å². The lowest BCUT2D eigenvalue weighted by atomic mass is 9.95. The second kappa shape index (κ2) is 6.31. The van der Waals surface area contributed by atoms with Gasteiger partial charge in [0.05, 0.1) is 5.02 Å². The van der Waals surface area contributed by atoms with Gasteiger partial charge in [-0.2, -0.15) is 0 Å². The quantitative estimate of drug-likeness (QED) is 0.619. The van der Waals surface area contributed by atoms with E-state index in [-0.39, 0.29) is 6.04 Å². The zero-order chi connectivity index (χ0) is 12.1. The topological polar surface area (TPSA) is 60.2 Å². The maximum Gasteiger partial charge on any atom is 0.0621 e. The molecule has 2 heterocycles. The van der Waals surface area contributed by atoms with Crippen molar-refractivity contribution in [3.63, 3.8) is 0 Å². The van der Waals surface area contributed by atoms with E-state index in [0.717, 1.165) is 38.0 Å². The Kier molecular flexibility index (Phi) is 4.74. The molecular formula is C12H18ClN3O. The molecular weight excluding hydrogens is 238 g/mol. The molecule has 0 spiro atoms. The highest BCUT2D eigenvalue weighted by molar-refractivity contribution is 6.31. The summed E-state index contributed by atoms with van der Waals surface area (Å²) in [7, 11) is 0. The Balaban J connectivity index is 1.92. The molecule has 1 saturated heterocycles. The molecule has 1 aromatic heterocycles. The van der Waals surface area contributed by atoms with Crippen LogP contribution in [0.25, 0.3) is 0 Å². The van der Waals surface area contributed by atoms with Crippen LogP contribution in [0.3, 0.4) is 0 Å². The number of ether oxygens (including phenoxy) is 1. The molecule has 0 radical (unpaired) electrons. The van der Waals surface area contributed by atoms with Crippen LogP contribution in [0.2, 0.25) is 5.02 Å². The van der Waals surface area contributed by atoms with Crippen molar-refractivity contribution in [3.8, 4) is 0 Å². The maximum absolute atomic E-state index is 6.09. The predicted molar refractivity (Wildman–Crippen MR) is 67.6 cm³/mol. The lowest BCUT2D eigenvalue weighted by molar-refractivity contribution is 0.181. The molecule has 1 aromatic rings. The number of nitrogens with two attached hydrogens (primary N) is 1. The van der Waals surface area contributed by atoms with Gasteiger partial charge in [0.15, 0.2) is 0 Å². The Hall–Kier alpha value is -0.680. The monoisotopic (exact) mass is 255 g/mol. The number of aromatic nitrogens is 1. The third-order valence-electron chi connectivity index (χ3n) is 3.20. The fraction of sp³-hybridized carbons (Fsp3) is 0.583. The molecule has 2 atom stereocenters. The summed E-state index contributed by atoms with van der Waals surface area (Å²) in [6.07, 6.45) is 6.41. The van der Waals surface area contributed by atoms with Gasteiger partial charge in [-0.25, -0.2) is 0 Å². The third-order valence-corrected chi connectivity index (χ3v) is 3.54. The van der Waals surface area contributed by atoms with Crippen LogP contribution in [-0.2, 0) is 11.2 Å². The Morgan fingerprint density at radius 1 is 1.65 bits per heavy atom. The minimum absolute atomic E-state index is 0.238. The van der Waals surface area contributed by atoms with Gasteiger partial charge in [-0.1, -0.05) is 11.6 Å². The number of hydrogen-bond donors (Lipinski definition) is 2. The van der Waals surface area contributed by atoms with Crippen LogP contribution in [-0.4, -0.2) is 24.2 Å². The van der Waals surface area contributed by atoms with Crippen molar-refractivity contribution < 1.29 is 4.74 Å². The van der Waals surface area contributed by atoms with E-state index >= 15 is 0 Å². The van der Waals surface area contributed by atoms with E-state index < -0.39 is 0 Å². The smallest absolute Gasteiger partial charge is 0.0621 e. The van der Waals surface area contributed by atoms with Gasteiger partial charge < -0.3 is 4.74 Å². The fourth-order valence-electron chi connectivity index (χ4n) is 2.22. The summed E-state index contributed by atoms with van der Waals surface area (Å²) in [4.78, 5) is 3.98. The minimum Gasteiger partial charge on any atom is -0.381 e. The molecule has 0 saturated carbocycles. The van der Waals surface area contributed by atoms with Crippen molar-refractivity contribution in [1.82, 2.24) is 10.4 Å². The van der Waals surface area contributed by atoms with E-state index in [0.29, 0.717) is 10.9 Å². The first-order valence-corrected chi connectivity index (χ1v) is 6.29. The standard InChI is InChI=1S/C12H18ClN3O/c13-12-7-15-3-1-10(12)6-11(16-14)5-9-2-4-17-8-9/h1,3,7,9,11,16H,2,4-6,8,14H2. The molecule has 1 aliphatic rings. The lowest BCUT2D eigenvalue weighted by Gasteiger charge is -2.19. The zero-order valence-corrected chi connectivity index (χ0v) is 10.5. The normalized spacial score (nSPS) is 21.6. The molecule has 0 aliphatic carbocycles. The number of nitrogens with one attached hydrogen (secondary N) is 1. The predicted octanol–water partition coefficient (Wildman–Crippen LogP) is 1.54. The average molecular weight is 256 g/mol. The molecule has 4 nitrogen and oxygen atoms in total. The molecule has 0 amide bonds. The summed E-state index contributed by atoms with van der Waals surface area (Å²) in [5.74, 6) is 6.21. The van der Waals surface area contributed by atoms with Crippen LogP contribution < -0.4 is 11.3 Å². The SMILES string of the molecule is NNC(Cc1ccncc1Cl)CC1CCOC1. The van der Waals surface area contributed by atoms with Crippen molar-refractivity contribution in [2.24, 2.45) is 11.8 Å². The van der Waals surface area contributed by atoms with Gasteiger partial charge in [0.2, 0.25) is 0 Å². The van der Waals surface area contributed by atoms with Crippen molar-refractivity contribution in [3.05, 3.63) is 29.0 Å². The highest BCUT2D eigenvalue weighted by Crippen LogP contribution is 2.21. The number of nitrogens with zero attached hydrogens (tertiary/aromatic N) is 1.